The minimum atomic E-state index is -0.992. The Morgan fingerprint density at radius 2 is 1.45 bits per heavy atom. The van der Waals surface area contributed by atoms with Crippen LogP contribution in [0.4, 0.5) is 0 Å². The number of carbonyl (C=O) groups is 4. The van der Waals surface area contributed by atoms with Crippen LogP contribution in [-0.2, 0) is 27.5 Å². The first-order valence-electron chi connectivity index (χ1n) is 13.7. The van der Waals surface area contributed by atoms with Gasteiger partial charge in [0.2, 0.25) is 5.91 Å². The third-order valence-electron chi connectivity index (χ3n) is 7.27. The average Bonchev–Trinajstić information content (AvgIpc) is 3.55. The second kappa shape index (κ2) is 13.2. The van der Waals surface area contributed by atoms with E-state index in [0.717, 1.165) is 26.8 Å². The summed E-state index contributed by atoms with van der Waals surface area (Å²) in [5.41, 5.74) is 2.81. The molecule has 0 saturated carbocycles. The van der Waals surface area contributed by atoms with Crippen LogP contribution in [0.25, 0.3) is 10.1 Å². The lowest BCUT2D eigenvalue weighted by Gasteiger charge is -2.16. The van der Waals surface area contributed by atoms with Crippen molar-refractivity contribution in [3.8, 4) is 17.2 Å². The van der Waals surface area contributed by atoms with Crippen molar-refractivity contribution in [3.63, 3.8) is 0 Å². The maximum atomic E-state index is 12.6. The summed E-state index contributed by atoms with van der Waals surface area (Å²) < 4.78 is 18.5. The molecule has 4 rings (SSSR count). The van der Waals surface area contributed by atoms with Crippen LogP contribution in [0.1, 0.15) is 59.5 Å². The van der Waals surface area contributed by atoms with Crippen LogP contribution >= 0.6 is 11.3 Å². The monoisotopic (exact) mass is 597 g/mol. The van der Waals surface area contributed by atoms with Gasteiger partial charge in [-0.2, -0.15) is 0 Å². The zero-order valence-electron chi connectivity index (χ0n) is 24.1. The molecule has 224 valence electrons. The van der Waals surface area contributed by atoms with E-state index in [9.17, 15) is 19.2 Å². The molecule has 0 bridgehead atoms. The number of methoxy groups -OCH3 is 1. The molecular formula is C31H35NO9S. The van der Waals surface area contributed by atoms with E-state index < -0.39 is 23.8 Å². The molecule has 0 aliphatic carbocycles. The van der Waals surface area contributed by atoms with Gasteiger partial charge < -0.3 is 29.3 Å². The topological polar surface area (TPSA) is 140 Å². The highest BCUT2D eigenvalue weighted by atomic mass is 32.1. The maximum Gasteiger partial charge on any atom is 0.306 e. The molecule has 0 radical (unpaired) electrons. The number of carbonyl (C=O) groups excluding carboxylic acids is 2. The van der Waals surface area contributed by atoms with E-state index in [-0.39, 0.29) is 24.5 Å². The minimum Gasteiger partial charge on any atom is -0.493 e. The molecule has 2 atom stereocenters. The number of aryl methyl sites for hydroxylation is 1. The van der Waals surface area contributed by atoms with Crippen molar-refractivity contribution < 1.29 is 43.6 Å². The SMILES string of the molecule is COc1cc2c(cc1OCCCOc1cc3cc(C(=O)CC(C)C(=O)O)sc3cc1C)CN(C(=O)CC(C)C(=O)O)C2. The number of carboxylic acid groups (broad SMARTS) is 2. The van der Waals surface area contributed by atoms with E-state index in [1.54, 1.807) is 18.1 Å². The van der Waals surface area contributed by atoms with Gasteiger partial charge >= 0.3 is 11.9 Å². The van der Waals surface area contributed by atoms with Gasteiger partial charge in [-0.1, -0.05) is 13.8 Å². The Morgan fingerprint density at radius 3 is 2.07 bits per heavy atom. The predicted molar refractivity (Wildman–Crippen MR) is 157 cm³/mol. The summed E-state index contributed by atoms with van der Waals surface area (Å²) in [5.74, 6) is -2.01. The number of ether oxygens (including phenoxy) is 3. The molecule has 1 amide bonds. The van der Waals surface area contributed by atoms with Crippen LogP contribution in [0.3, 0.4) is 0 Å². The summed E-state index contributed by atoms with van der Waals surface area (Å²) in [7, 11) is 1.55. The zero-order valence-corrected chi connectivity index (χ0v) is 24.9. The maximum absolute atomic E-state index is 12.6. The lowest BCUT2D eigenvalue weighted by molar-refractivity contribution is -0.145. The predicted octanol–water partition coefficient (Wildman–Crippen LogP) is 5.31. The van der Waals surface area contributed by atoms with E-state index in [4.69, 9.17) is 24.4 Å². The number of carboxylic acids is 2. The zero-order chi connectivity index (χ0) is 30.6. The van der Waals surface area contributed by atoms with Crippen LogP contribution in [0.15, 0.2) is 30.3 Å². The lowest BCUT2D eigenvalue weighted by atomic mass is 10.0. The first-order chi connectivity index (χ1) is 20.0. The van der Waals surface area contributed by atoms with Crippen LogP contribution in [0.5, 0.6) is 17.2 Å². The van der Waals surface area contributed by atoms with Crippen molar-refractivity contribution in [2.75, 3.05) is 20.3 Å². The van der Waals surface area contributed by atoms with Gasteiger partial charge in [-0.25, -0.2) is 0 Å². The number of aliphatic carboxylic acids is 2. The van der Waals surface area contributed by atoms with E-state index in [1.165, 1.54) is 25.2 Å². The van der Waals surface area contributed by atoms with Crippen molar-refractivity contribution in [2.45, 2.75) is 53.1 Å². The second-order valence-electron chi connectivity index (χ2n) is 10.6. The fraction of sp³-hybridized carbons (Fsp3) is 0.419. The van der Waals surface area contributed by atoms with E-state index in [0.29, 0.717) is 54.8 Å². The summed E-state index contributed by atoms with van der Waals surface area (Å²) in [5, 5.41) is 19.1. The number of hydrogen-bond acceptors (Lipinski definition) is 8. The fourth-order valence-electron chi connectivity index (χ4n) is 4.68. The Kier molecular flexibility index (Phi) is 9.72. The molecule has 0 fully saturated rings. The molecule has 2 heterocycles. The van der Waals surface area contributed by atoms with Gasteiger partial charge in [0.05, 0.1) is 37.0 Å². The van der Waals surface area contributed by atoms with Gasteiger partial charge in [0.1, 0.15) is 5.75 Å². The van der Waals surface area contributed by atoms with E-state index in [1.807, 2.05) is 31.2 Å². The minimum absolute atomic E-state index is 0.0397. The highest BCUT2D eigenvalue weighted by Crippen LogP contribution is 2.36. The Balaban J connectivity index is 1.31. The third kappa shape index (κ3) is 7.20. The summed E-state index contributed by atoms with van der Waals surface area (Å²) in [6.07, 6.45) is 0.506. The number of hydrogen-bond donors (Lipinski definition) is 2. The molecule has 42 heavy (non-hydrogen) atoms. The molecule has 3 aromatic rings. The molecule has 1 aliphatic rings. The molecule has 1 aliphatic heterocycles. The molecule has 2 N–H and O–H groups in total. The number of Topliss-reactive ketones (excluding diaryl/α,β-unsaturated/α-hetero) is 1. The fourth-order valence-corrected chi connectivity index (χ4v) is 5.77. The second-order valence-corrected chi connectivity index (χ2v) is 11.7. The van der Waals surface area contributed by atoms with Crippen molar-refractivity contribution >= 4 is 45.1 Å². The lowest BCUT2D eigenvalue weighted by Crippen LogP contribution is -2.28. The molecule has 10 nitrogen and oxygen atoms in total. The highest BCUT2D eigenvalue weighted by molar-refractivity contribution is 7.20. The van der Waals surface area contributed by atoms with E-state index >= 15 is 0 Å². The first kappa shape index (κ1) is 30.8. The van der Waals surface area contributed by atoms with Crippen molar-refractivity contribution in [1.29, 1.82) is 0 Å². The molecular weight excluding hydrogens is 562 g/mol. The highest BCUT2D eigenvalue weighted by Gasteiger charge is 2.28. The number of fused-ring (bicyclic) bond motifs is 2. The Hall–Kier alpha value is -4.12. The normalized spacial score (nSPS) is 13.9. The number of benzene rings is 2. The van der Waals surface area contributed by atoms with Crippen LogP contribution in [0.2, 0.25) is 0 Å². The largest absolute Gasteiger partial charge is 0.493 e. The van der Waals surface area contributed by atoms with Gasteiger partial charge in [-0.15, -0.1) is 11.3 Å². The van der Waals surface area contributed by atoms with Crippen molar-refractivity contribution in [1.82, 2.24) is 4.90 Å². The molecule has 2 unspecified atom stereocenters. The summed E-state index contributed by atoms with van der Waals surface area (Å²) in [6.45, 7) is 6.54. The standard InChI is InChI=1S/C31H35NO9S/c1-17-9-27-20(14-28(42-27)23(33)8-18(2)30(35)36)11-24(17)40-6-5-7-41-26-13-22-16-32(15-21(22)12-25(26)39-4)29(34)10-19(3)31(37)38/h9,11-14,18-19H,5-8,10,15-16H2,1-4H3,(H,35,36)(H,37,38). The van der Waals surface area contributed by atoms with Gasteiger partial charge in [-0.05, 0) is 59.3 Å². The Bertz CT molecular complexity index is 1510. The number of ketones is 1. The summed E-state index contributed by atoms with van der Waals surface area (Å²) in [4.78, 5) is 49.5. The van der Waals surface area contributed by atoms with Gasteiger partial charge in [-0.3, -0.25) is 19.2 Å². The number of amides is 1. The van der Waals surface area contributed by atoms with Crippen LogP contribution < -0.4 is 14.2 Å². The average molecular weight is 598 g/mol. The smallest absolute Gasteiger partial charge is 0.306 e. The van der Waals surface area contributed by atoms with Crippen molar-refractivity contribution in [3.05, 3.63) is 51.9 Å². The van der Waals surface area contributed by atoms with Crippen LogP contribution in [0, 0.1) is 18.8 Å². The molecule has 0 saturated heterocycles. The quantitative estimate of drug-likeness (QED) is 0.187. The molecule has 0 spiro atoms. The van der Waals surface area contributed by atoms with E-state index in [2.05, 4.69) is 0 Å². The Labute approximate surface area is 247 Å². The Morgan fingerprint density at radius 1 is 0.857 bits per heavy atom. The molecule has 11 heteroatoms. The van der Waals surface area contributed by atoms with Crippen LogP contribution in [-0.4, -0.2) is 59.1 Å². The molecule has 1 aromatic heterocycles. The van der Waals surface area contributed by atoms with Gasteiger partial charge in [0.25, 0.3) is 0 Å². The number of rotatable bonds is 14. The first-order valence-corrected chi connectivity index (χ1v) is 14.5. The molecule has 2 aromatic carbocycles. The van der Waals surface area contributed by atoms with Crippen molar-refractivity contribution in [2.24, 2.45) is 11.8 Å². The van der Waals surface area contributed by atoms with Gasteiger partial charge in [0.15, 0.2) is 17.3 Å². The van der Waals surface area contributed by atoms with Gasteiger partial charge in [0, 0.05) is 37.1 Å². The number of thiophene rings is 1. The third-order valence-corrected chi connectivity index (χ3v) is 8.41. The summed E-state index contributed by atoms with van der Waals surface area (Å²) in [6, 6.07) is 9.37. The summed E-state index contributed by atoms with van der Waals surface area (Å²) >= 11 is 1.35. The number of nitrogens with zero attached hydrogens (tertiary/aromatic N) is 1.